The minimum Gasteiger partial charge on any atom is -0.378 e. The Morgan fingerprint density at radius 2 is 1.32 bits per heavy atom. The number of carbonyl (C=O) groups is 2. The van der Waals surface area contributed by atoms with Crippen LogP contribution in [0, 0.1) is 0 Å². The standard InChI is InChI=1S/C20H25N3O2/c1-4-5-6-15-7-9-16(10-8-15)21-19(24)20(25)22-17-11-13-18(14-12-17)23(2)3/h7-14H,4-6H2,1-3H3,(H,21,24)(H,22,25). The zero-order valence-electron chi connectivity index (χ0n) is 15.0. The monoisotopic (exact) mass is 339 g/mol. The van der Waals surface area contributed by atoms with Crippen molar-refractivity contribution in [3.05, 3.63) is 54.1 Å². The van der Waals surface area contributed by atoms with Crippen molar-refractivity contribution in [1.82, 2.24) is 0 Å². The van der Waals surface area contributed by atoms with Gasteiger partial charge in [0.2, 0.25) is 0 Å². The number of benzene rings is 2. The van der Waals surface area contributed by atoms with Crippen LogP contribution in [-0.4, -0.2) is 25.9 Å². The SMILES string of the molecule is CCCCc1ccc(NC(=O)C(=O)Nc2ccc(N(C)C)cc2)cc1. The Labute approximate surface area is 149 Å². The summed E-state index contributed by atoms with van der Waals surface area (Å²) >= 11 is 0. The molecule has 0 aliphatic carbocycles. The predicted molar refractivity (Wildman–Crippen MR) is 103 cm³/mol. The van der Waals surface area contributed by atoms with Crippen LogP contribution < -0.4 is 15.5 Å². The molecule has 2 aromatic carbocycles. The van der Waals surface area contributed by atoms with Crippen molar-refractivity contribution in [2.45, 2.75) is 26.2 Å². The fourth-order valence-corrected chi connectivity index (χ4v) is 2.35. The van der Waals surface area contributed by atoms with Crippen LogP contribution in [0.3, 0.4) is 0 Å². The van der Waals surface area contributed by atoms with Crippen molar-refractivity contribution in [2.24, 2.45) is 0 Å². The molecule has 5 nitrogen and oxygen atoms in total. The Balaban J connectivity index is 1.90. The van der Waals surface area contributed by atoms with Crippen LogP contribution in [0.1, 0.15) is 25.3 Å². The van der Waals surface area contributed by atoms with Gasteiger partial charge in [0.25, 0.3) is 0 Å². The Morgan fingerprint density at radius 3 is 1.76 bits per heavy atom. The minimum absolute atomic E-state index is 0.584. The van der Waals surface area contributed by atoms with Crippen molar-refractivity contribution >= 4 is 28.9 Å². The second-order valence-electron chi connectivity index (χ2n) is 6.15. The molecule has 0 unspecified atom stereocenters. The van der Waals surface area contributed by atoms with Crippen molar-refractivity contribution < 1.29 is 9.59 Å². The summed E-state index contributed by atoms with van der Waals surface area (Å²) in [4.78, 5) is 26.0. The lowest BCUT2D eigenvalue weighted by Gasteiger charge is -2.13. The van der Waals surface area contributed by atoms with E-state index in [1.807, 2.05) is 55.4 Å². The Bertz CT molecular complexity index is 707. The fraction of sp³-hybridized carbons (Fsp3) is 0.300. The van der Waals surface area contributed by atoms with Gasteiger partial charge in [0, 0.05) is 31.2 Å². The Morgan fingerprint density at radius 1 is 0.840 bits per heavy atom. The van der Waals surface area contributed by atoms with Crippen LogP contribution in [0.15, 0.2) is 48.5 Å². The summed E-state index contributed by atoms with van der Waals surface area (Å²) < 4.78 is 0. The molecule has 0 fully saturated rings. The normalized spacial score (nSPS) is 10.2. The van der Waals surface area contributed by atoms with E-state index in [2.05, 4.69) is 17.6 Å². The lowest BCUT2D eigenvalue weighted by molar-refractivity contribution is -0.132. The molecule has 0 saturated heterocycles. The van der Waals surface area contributed by atoms with E-state index in [1.165, 1.54) is 5.56 Å². The van der Waals surface area contributed by atoms with E-state index < -0.39 is 11.8 Å². The van der Waals surface area contributed by atoms with Crippen molar-refractivity contribution in [1.29, 1.82) is 0 Å². The largest absolute Gasteiger partial charge is 0.378 e. The molecule has 0 aromatic heterocycles. The van der Waals surface area contributed by atoms with Gasteiger partial charge in [-0.25, -0.2) is 0 Å². The van der Waals surface area contributed by atoms with E-state index in [-0.39, 0.29) is 0 Å². The molecule has 2 rings (SSSR count). The molecule has 0 aliphatic rings. The highest BCUT2D eigenvalue weighted by Gasteiger charge is 2.14. The summed E-state index contributed by atoms with van der Waals surface area (Å²) in [6.07, 6.45) is 3.31. The molecule has 25 heavy (non-hydrogen) atoms. The van der Waals surface area contributed by atoms with Gasteiger partial charge in [-0.2, -0.15) is 0 Å². The zero-order valence-corrected chi connectivity index (χ0v) is 15.0. The summed E-state index contributed by atoms with van der Waals surface area (Å²) in [6.45, 7) is 2.15. The van der Waals surface area contributed by atoms with Gasteiger partial charge in [0.05, 0.1) is 0 Å². The topological polar surface area (TPSA) is 61.4 Å². The molecule has 2 aromatic rings. The first kappa shape index (κ1) is 18.5. The number of rotatable bonds is 6. The number of hydrogen-bond donors (Lipinski definition) is 2. The Hall–Kier alpha value is -2.82. The number of amides is 2. The first-order valence-electron chi connectivity index (χ1n) is 8.48. The number of hydrogen-bond acceptors (Lipinski definition) is 3. The van der Waals surface area contributed by atoms with Crippen LogP contribution in [0.2, 0.25) is 0 Å². The lowest BCUT2D eigenvalue weighted by Crippen LogP contribution is -2.29. The van der Waals surface area contributed by atoms with Crippen LogP contribution >= 0.6 is 0 Å². The average Bonchev–Trinajstić information content (AvgIpc) is 2.61. The molecule has 2 amide bonds. The van der Waals surface area contributed by atoms with Crippen LogP contribution in [0.25, 0.3) is 0 Å². The summed E-state index contributed by atoms with van der Waals surface area (Å²) in [5.74, 6) is -1.37. The van der Waals surface area contributed by atoms with Crippen molar-refractivity contribution in [3.8, 4) is 0 Å². The maximum atomic E-state index is 12.0. The third kappa shape index (κ3) is 5.64. The van der Waals surface area contributed by atoms with E-state index >= 15 is 0 Å². The molecular formula is C20H25N3O2. The molecule has 2 N–H and O–H groups in total. The predicted octanol–water partition coefficient (Wildman–Crippen LogP) is 3.67. The summed E-state index contributed by atoms with van der Waals surface area (Å²) in [5, 5.41) is 5.21. The lowest BCUT2D eigenvalue weighted by atomic mass is 10.1. The van der Waals surface area contributed by atoms with Gasteiger partial charge in [-0.05, 0) is 54.8 Å². The second-order valence-corrected chi connectivity index (χ2v) is 6.15. The highest BCUT2D eigenvalue weighted by Crippen LogP contribution is 2.16. The molecule has 0 spiro atoms. The highest BCUT2D eigenvalue weighted by molar-refractivity contribution is 6.43. The van der Waals surface area contributed by atoms with Gasteiger partial charge in [-0.1, -0.05) is 25.5 Å². The zero-order chi connectivity index (χ0) is 18.2. The molecule has 132 valence electrons. The maximum absolute atomic E-state index is 12.0. The molecule has 0 radical (unpaired) electrons. The molecule has 0 saturated carbocycles. The van der Waals surface area contributed by atoms with E-state index in [0.717, 1.165) is 24.9 Å². The fourth-order valence-electron chi connectivity index (χ4n) is 2.35. The van der Waals surface area contributed by atoms with Crippen LogP contribution in [-0.2, 0) is 16.0 Å². The number of unbranched alkanes of at least 4 members (excludes halogenated alkanes) is 1. The first-order valence-corrected chi connectivity index (χ1v) is 8.48. The van der Waals surface area contributed by atoms with Gasteiger partial charge in [0.15, 0.2) is 0 Å². The average molecular weight is 339 g/mol. The highest BCUT2D eigenvalue weighted by atomic mass is 16.2. The summed E-state index contributed by atoms with van der Waals surface area (Å²) in [5.41, 5.74) is 3.44. The van der Waals surface area contributed by atoms with E-state index in [9.17, 15) is 9.59 Å². The number of aryl methyl sites for hydroxylation is 1. The first-order chi connectivity index (χ1) is 12.0. The molecule has 0 heterocycles. The molecular weight excluding hydrogens is 314 g/mol. The second kappa shape index (κ2) is 8.87. The van der Waals surface area contributed by atoms with Gasteiger partial charge in [0.1, 0.15) is 0 Å². The van der Waals surface area contributed by atoms with Crippen LogP contribution in [0.4, 0.5) is 17.1 Å². The minimum atomic E-state index is -0.687. The van der Waals surface area contributed by atoms with E-state index in [1.54, 1.807) is 12.1 Å². The molecule has 5 heteroatoms. The number of carbonyl (C=O) groups excluding carboxylic acids is 2. The number of nitrogens with one attached hydrogen (secondary N) is 2. The van der Waals surface area contributed by atoms with Crippen molar-refractivity contribution in [2.75, 3.05) is 29.6 Å². The summed E-state index contributed by atoms with van der Waals surface area (Å²) in [6, 6.07) is 14.9. The van der Waals surface area contributed by atoms with Gasteiger partial charge < -0.3 is 15.5 Å². The quantitative estimate of drug-likeness (QED) is 0.789. The molecule has 0 bridgehead atoms. The number of anilines is 3. The Kier molecular flexibility index (Phi) is 6.57. The van der Waals surface area contributed by atoms with Gasteiger partial charge in [-0.15, -0.1) is 0 Å². The molecule has 0 aliphatic heterocycles. The van der Waals surface area contributed by atoms with Gasteiger partial charge >= 0.3 is 11.8 Å². The third-order valence-electron chi connectivity index (χ3n) is 3.88. The molecule has 0 atom stereocenters. The summed E-state index contributed by atoms with van der Waals surface area (Å²) in [7, 11) is 3.88. The smallest absolute Gasteiger partial charge is 0.314 e. The van der Waals surface area contributed by atoms with Gasteiger partial charge in [-0.3, -0.25) is 9.59 Å². The maximum Gasteiger partial charge on any atom is 0.314 e. The number of nitrogens with zero attached hydrogens (tertiary/aromatic N) is 1. The third-order valence-corrected chi connectivity index (χ3v) is 3.88. The van der Waals surface area contributed by atoms with E-state index in [0.29, 0.717) is 11.4 Å². The van der Waals surface area contributed by atoms with Crippen molar-refractivity contribution in [3.63, 3.8) is 0 Å². The van der Waals surface area contributed by atoms with Crippen LogP contribution in [0.5, 0.6) is 0 Å². The van der Waals surface area contributed by atoms with E-state index in [4.69, 9.17) is 0 Å².